The third kappa shape index (κ3) is 3.64. The van der Waals surface area contributed by atoms with Gasteiger partial charge in [-0.15, -0.1) is 0 Å². The van der Waals surface area contributed by atoms with Crippen molar-refractivity contribution in [1.29, 1.82) is 0 Å². The summed E-state index contributed by atoms with van der Waals surface area (Å²) < 4.78 is 21.6. The summed E-state index contributed by atoms with van der Waals surface area (Å²) >= 11 is -2.33. The first kappa shape index (κ1) is 20.2. The van der Waals surface area contributed by atoms with Crippen LogP contribution in [0.25, 0.3) is 10.9 Å². The van der Waals surface area contributed by atoms with Crippen LogP contribution in [0.4, 0.5) is 4.79 Å². The standard InChI is InChI=1S/C23H26INO4/c1-22(2,3)28-21(26)25-19-12-11-16(27-6)13-15(19)14-20(25)24-18-10-8-7-9-17(18)23(4,5)29-24/h7-14H,1-6H3. The van der Waals surface area contributed by atoms with Gasteiger partial charge >= 0.3 is 179 Å². The molecule has 4 rings (SSSR count). The number of ether oxygens (including phenoxy) is 2. The summed E-state index contributed by atoms with van der Waals surface area (Å²) in [6.07, 6.45) is -0.379. The molecule has 0 fully saturated rings. The van der Waals surface area contributed by atoms with E-state index in [2.05, 4.69) is 32.0 Å². The van der Waals surface area contributed by atoms with Crippen LogP contribution in [0, 0.1) is 7.27 Å². The van der Waals surface area contributed by atoms with Crippen molar-refractivity contribution in [3.8, 4) is 5.75 Å². The Morgan fingerprint density at radius 3 is 2.52 bits per heavy atom. The first-order valence-electron chi connectivity index (χ1n) is 9.52. The van der Waals surface area contributed by atoms with Crippen molar-refractivity contribution >= 4 is 37.2 Å². The Hall–Kier alpha value is -2.06. The topological polar surface area (TPSA) is 49.7 Å². The maximum absolute atomic E-state index is 13.2. The zero-order valence-corrected chi connectivity index (χ0v) is 19.7. The van der Waals surface area contributed by atoms with Crippen molar-refractivity contribution in [3.05, 3.63) is 61.4 Å². The summed E-state index contributed by atoms with van der Waals surface area (Å²) in [6, 6.07) is 16.1. The third-order valence-corrected chi connectivity index (χ3v) is 10.0. The van der Waals surface area contributed by atoms with Crippen LogP contribution in [-0.2, 0) is 13.4 Å². The Kier molecular flexibility index (Phi) is 4.90. The molecule has 0 saturated carbocycles. The van der Waals surface area contributed by atoms with Crippen molar-refractivity contribution in [2.75, 3.05) is 7.11 Å². The van der Waals surface area contributed by atoms with Crippen LogP contribution in [0.5, 0.6) is 5.75 Å². The molecule has 0 bridgehead atoms. The van der Waals surface area contributed by atoms with Crippen molar-refractivity contribution in [1.82, 2.24) is 4.57 Å². The number of hydrogen-bond acceptors (Lipinski definition) is 4. The van der Waals surface area contributed by atoms with E-state index in [1.807, 2.05) is 51.1 Å². The van der Waals surface area contributed by atoms with Crippen LogP contribution in [0.2, 0.25) is 0 Å². The van der Waals surface area contributed by atoms with Gasteiger partial charge in [0.25, 0.3) is 0 Å². The minimum absolute atomic E-state index is 0.379. The van der Waals surface area contributed by atoms with Gasteiger partial charge in [-0.1, -0.05) is 0 Å². The Bertz CT molecular complexity index is 1090. The Morgan fingerprint density at radius 1 is 1.10 bits per heavy atom. The molecule has 5 nitrogen and oxygen atoms in total. The Labute approximate surface area is 178 Å². The molecule has 0 radical (unpaired) electrons. The first-order chi connectivity index (χ1) is 13.6. The van der Waals surface area contributed by atoms with Crippen LogP contribution in [0.1, 0.15) is 40.2 Å². The predicted octanol–water partition coefficient (Wildman–Crippen LogP) is 6.16. The second-order valence-electron chi connectivity index (χ2n) is 8.52. The fourth-order valence-corrected chi connectivity index (χ4v) is 9.23. The van der Waals surface area contributed by atoms with E-state index in [4.69, 9.17) is 12.5 Å². The second kappa shape index (κ2) is 7.02. The monoisotopic (exact) mass is 507 g/mol. The molecule has 2 heterocycles. The molecule has 0 atom stereocenters. The molecule has 0 unspecified atom stereocenters. The molecular weight excluding hydrogens is 481 g/mol. The number of aromatic nitrogens is 1. The molecule has 0 saturated heterocycles. The number of fused-ring (bicyclic) bond motifs is 2. The number of methoxy groups -OCH3 is 1. The number of halogens is 1. The van der Waals surface area contributed by atoms with Crippen molar-refractivity contribution in [2.24, 2.45) is 0 Å². The van der Waals surface area contributed by atoms with E-state index in [9.17, 15) is 4.79 Å². The second-order valence-corrected chi connectivity index (χ2v) is 12.7. The van der Waals surface area contributed by atoms with Crippen LogP contribution in [-0.4, -0.2) is 23.4 Å². The molecule has 0 N–H and O–H groups in total. The van der Waals surface area contributed by atoms with Gasteiger partial charge in [-0.05, 0) is 0 Å². The summed E-state index contributed by atoms with van der Waals surface area (Å²) in [4.78, 5) is 13.2. The minimum atomic E-state index is -2.33. The summed E-state index contributed by atoms with van der Waals surface area (Å²) in [7, 11) is 1.64. The van der Waals surface area contributed by atoms with Gasteiger partial charge in [0.1, 0.15) is 0 Å². The van der Waals surface area contributed by atoms with Gasteiger partial charge in [-0.2, -0.15) is 0 Å². The van der Waals surface area contributed by atoms with E-state index >= 15 is 0 Å². The molecule has 29 heavy (non-hydrogen) atoms. The first-order valence-corrected chi connectivity index (χ1v) is 12.6. The van der Waals surface area contributed by atoms with Crippen LogP contribution >= 0.6 is 20.2 Å². The number of rotatable bonds is 2. The fourth-order valence-electron chi connectivity index (χ4n) is 3.43. The van der Waals surface area contributed by atoms with Gasteiger partial charge in [0.2, 0.25) is 0 Å². The summed E-state index contributed by atoms with van der Waals surface area (Å²) in [5.41, 5.74) is 1.03. The van der Waals surface area contributed by atoms with E-state index in [1.165, 1.54) is 9.13 Å². The van der Waals surface area contributed by atoms with Crippen molar-refractivity contribution in [2.45, 2.75) is 45.8 Å². The molecular formula is C23H26INO4. The van der Waals surface area contributed by atoms with Gasteiger partial charge in [0.15, 0.2) is 0 Å². The van der Waals surface area contributed by atoms with Crippen LogP contribution in [0.3, 0.4) is 0 Å². The Balaban J connectivity index is 1.92. The predicted molar refractivity (Wildman–Crippen MR) is 122 cm³/mol. The average Bonchev–Trinajstić information content (AvgIpc) is 3.15. The van der Waals surface area contributed by atoms with Gasteiger partial charge < -0.3 is 0 Å². The number of nitrogens with zero attached hydrogens (tertiary/aromatic N) is 1. The normalized spacial score (nSPS) is 16.7. The van der Waals surface area contributed by atoms with Gasteiger partial charge in [0.05, 0.1) is 0 Å². The van der Waals surface area contributed by atoms with Gasteiger partial charge in [0, 0.05) is 0 Å². The van der Waals surface area contributed by atoms with Crippen molar-refractivity contribution in [3.63, 3.8) is 0 Å². The van der Waals surface area contributed by atoms with Crippen LogP contribution in [0.15, 0.2) is 48.5 Å². The molecule has 3 aromatic rings. The van der Waals surface area contributed by atoms with E-state index in [0.29, 0.717) is 0 Å². The van der Waals surface area contributed by atoms with E-state index in [1.54, 1.807) is 11.7 Å². The number of benzene rings is 2. The van der Waals surface area contributed by atoms with Gasteiger partial charge in [-0.25, -0.2) is 0 Å². The molecule has 0 aliphatic carbocycles. The molecule has 0 amide bonds. The number of hydrogen-bond donors (Lipinski definition) is 0. The van der Waals surface area contributed by atoms with E-state index < -0.39 is 25.8 Å². The molecule has 154 valence electrons. The average molecular weight is 507 g/mol. The molecule has 1 aliphatic heterocycles. The number of carbonyl (C=O) groups excluding carboxylic acids is 1. The molecule has 6 heteroatoms. The zero-order chi connectivity index (χ0) is 21.0. The quantitative estimate of drug-likeness (QED) is 0.390. The van der Waals surface area contributed by atoms with Crippen LogP contribution < -0.4 is 4.74 Å². The molecule has 2 aromatic carbocycles. The van der Waals surface area contributed by atoms with Crippen molar-refractivity contribution < 1.29 is 17.3 Å². The number of carbonyl (C=O) groups is 1. The fraction of sp³-hybridized carbons (Fsp3) is 0.348. The van der Waals surface area contributed by atoms with Gasteiger partial charge in [-0.3, -0.25) is 0 Å². The SMILES string of the molecule is COc1ccc2c(c1)cc(I1OC(C)(C)c3ccccc31)n2C(=O)OC(C)(C)C. The van der Waals surface area contributed by atoms with E-state index in [-0.39, 0.29) is 11.7 Å². The Morgan fingerprint density at radius 2 is 1.83 bits per heavy atom. The molecule has 1 aromatic heterocycles. The zero-order valence-electron chi connectivity index (χ0n) is 17.6. The summed E-state index contributed by atoms with van der Waals surface area (Å²) in [5, 5.41) is 0.938. The van der Waals surface area contributed by atoms with E-state index in [0.717, 1.165) is 20.4 Å². The molecule has 1 aliphatic rings. The summed E-state index contributed by atoms with van der Waals surface area (Å²) in [5.74, 6) is 0.752. The maximum atomic E-state index is 13.2. The summed E-state index contributed by atoms with van der Waals surface area (Å²) in [6.45, 7) is 9.81. The third-order valence-electron chi connectivity index (χ3n) is 4.69. The molecule has 0 spiro atoms.